The van der Waals surface area contributed by atoms with Crippen LogP contribution in [-0.4, -0.2) is 41.7 Å². The van der Waals surface area contributed by atoms with Gasteiger partial charge in [-0.05, 0) is 35.7 Å². The number of nitrogens with zero attached hydrogens (tertiary/aromatic N) is 1. The number of alkyl halides is 3. The van der Waals surface area contributed by atoms with Gasteiger partial charge in [-0.3, -0.25) is 4.79 Å². The van der Waals surface area contributed by atoms with Crippen molar-refractivity contribution in [2.75, 3.05) is 19.7 Å². The van der Waals surface area contributed by atoms with Crippen LogP contribution in [-0.2, 0) is 24.1 Å². The normalized spacial score (nSPS) is 15.9. The highest BCUT2D eigenvalue weighted by atomic mass is 19.4. The van der Waals surface area contributed by atoms with Gasteiger partial charge in [-0.15, -0.1) is 0 Å². The van der Waals surface area contributed by atoms with Gasteiger partial charge in [0.15, 0.2) is 6.61 Å². The Labute approximate surface area is 180 Å². The van der Waals surface area contributed by atoms with Crippen molar-refractivity contribution < 1.29 is 27.8 Å². The van der Waals surface area contributed by atoms with Crippen LogP contribution in [0.2, 0.25) is 0 Å². The number of carbonyl (C=O) groups is 1. The summed E-state index contributed by atoms with van der Waals surface area (Å²) < 4.78 is 43.9. The lowest BCUT2D eigenvalue weighted by Gasteiger charge is -2.18. The Balaban J connectivity index is 0.00000166. The molecule has 0 aromatic heterocycles. The van der Waals surface area contributed by atoms with Gasteiger partial charge in [0, 0.05) is 25.7 Å². The van der Waals surface area contributed by atoms with Crippen molar-refractivity contribution in [3.8, 4) is 5.75 Å². The first kappa shape index (κ1) is 24.7. The van der Waals surface area contributed by atoms with E-state index in [1.165, 1.54) is 6.07 Å². The molecule has 2 aromatic carbocycles. The number of nitrogens with one attached hydrogen (secondary N) is 1. The minimum absolute atomic E-state index is 0.0253. The standard InChI is InChI=1S/C21H23F3N2O3.C2H6/c22-21(23,24)17-3-1-2-16(10-17)11-25-18-8-9-26(12-18)20(28)14-29-19-6-4-15(13-27)5-7-19;1-2/h1-7,10,18,25,27H,8-9,11-14H2;1-2H3. The predicted octanol–water partition coefficient (Wildman–Crippen LogP) is 3.99. The fourth-order valence-corrected chi connectivity index (χ4v) is 3.20. The Kier molecular flexibility index (Phi) is 9.33. The lowest BCUT2D eigenvalue weighted by atomic mass is 10.1. The summed E-state index contributed by atoms with van der Waals surface area (Å²) >= 11 is 0. The van der Waals surface area contributed by atoms with Gasteiger partial charge in [0.1, 0.15) is 5.75 Å². The molecule has 1 saturated heterocycles. The van der Waals surface area contributed by atoms with Gasteiger partial charge in [-0.1, -0.05) is 44.2 Å². The zero-order valence-corrected chi connectivity index (χ0v) is 17.8. The van der Waals surface area contributed by atoms with Crippen molar-refractivity contribution in [2.24, 2.45) is 0 Å². The maximum Gasteiger partial charge on any atom is 0.416 e. The van der Waals surface area contributed by atoms with E-state index in [2.05, 4.69) is 5.32 Å². The summed E-state index contributed by atoms with van der Waals surface area (Å²) in [4.78, 5) is 14.0. The van der Waals surface area contributed by atoms with E-state index < -0.39 is 11.7 Å². The smallest absolute Gasteiger partial charge is 0.416 e. The topological polar surface area (TPSA) is 61.8 Å². The lowest BCUT2D eigenvalue weighted by molar-refractivity contribution is -0.137. The maximum absolute atomic E-state index is 12.8. The molecular formula is C23H29F3N2O3. The van der Waals surface area contributed by atoms with Crippen LogP contribution >= 0.6 is 0 Å². The first-order valence-electron chi connectivity index (χ1n) is 10.3. The highest BCUT2D eigenvalue weighted by molar-refractivity contribution is 5.78. The van der Waals surface area contributed by atoms with Crippen molar-refractivity contribution in [1.29, 1.82) is 0 Å². The van der Waals surface area contributed by atoms with E-state index in [0.29, 0.717) is 30.9 Å². The third kappa shape index (κ3) is 7.56. The molecule has 0 saturated carbocycles. The summed E-state index contributed by atoms with van der Waals surface area (Å²) in [6.07, 6.45) is -3.62. The Morgan fingerprint density at radius 1 is 1.16 bits per heavy atom. The van der Waals surface area contributed by atoms with Crippen molar-refractivity contribution in [2.45, 2.75) is 45.6 Å². The molecule has 0 aliphatic carbocycles. The number of aliphatic hydroxyl groups excluding tert-OH is 1. The second-order valence-electron chi connectivity index (χ2n) is 7.00. The quantitative estimate of drug-likeness (QED) is 0.686. The molecule has 1 amide bonds. The van der Waals surface area contributed by atoms with Crippen LogP contribution in [0.15, 0.2) is 48.5 Å². The number of benzene rings is 2. The van der Waals surface area contributed by atoms with Crippen molar-refractivity contribution in [3.05, 3.63) is 65.2 Å². The van der Waals surface area contributed by atoms with Gasteiger partial charge in [-0.2, -0.15) is 13.2 Å². The third-order valence-corrected chi connectivity index (χ3v) is 4.86. The van der Waals surface area contributed by atoms with Crippen LogP contribution < -0.4 is 10.1 Å². The molecule has 0 spiro atoms. The number of rotatable bonds is 7. The average Bonchev–Trinajstić information content (AvgIpc) is 3.27. The van der Waals surface area contributed by atoms with Gasteiger partial charge < -0.3 is 20.1 Å². The molecule has 1 unspecified atom stereocenters. The number of halogens is 3. The average molecular weight is 438 g/mol. The Morgan fingerprint density at radius 3 is 2.52 bits per heavy atom. The molecule has 2 aromatic rings. The summed E-state index contributed by atoms with van der Waals surface area (Å²) in [5.41, 5.74) is 0.654. The predicted molar refractivity (Wildman–Crippen MR) is 112 cm³/mol. The van der Waals surface area contributed by atoms with Crippen LogP contribution in [0.5, 0.6) is 5.75 Å². The fourth-order valence-electron chi connectivity index (χ4n) is 3.20. The number of ether oxygens (including phenoxy) is 1. The second kappa shape index (κ2) is 11.7. The number of amides is 1. The van der Waals surface area contributed by atoms with Crippen molar-refractivity contribution >= 4 is 5.91 Å². The zero-order valence-electron chi connectivity index (χ0n) is 17.8. The summed E-state index contributed by atoms with van der Waals surface area (Å²) in [6.45, 7) is 5.24. The minimum atomic E-state index is -4.36. The Bertz CT molecular complexity index is 826. The van der Waals surface area contributed by atoms with E-state index in [9.17, 15) is 18.0 Å². The second-order valence-corrected chi connectivity index (χ2v) is 7.00. The summed E-state index contributed by atoms with van der Waals surface area (Å²) in [5, 5.41) is 12.2. The van der Waals surface area contributed by atoms with E-state index in [-0.39, 0.29) is 25.2 Å². The minimum Gasteiger partial charge on any atom is -0.484 e. The highest BCUT2D eigenvalue weighted by Crippen LogP contribution is 2.29. The number of aliphatic hydroxyl groups is 1. The van der Waals surface area contributed by atoms with E-state index >= 15 is 0 Å². The number of hydrogen-bond acceptors (Lipinski definition) is 4. The molecule has 3 rings (SSSR count). The summed E-state index contributed by atoms with van der Waals surface area (Å²) in [5.74, 6) is 0.411. The van der Waals surface area contributed by atoms with Gasteiger partial charge in [-0.25, -0.2) is 0 Å². The van der Waals surface area contributed by atoms with Crippen molar-refractivity contribution in [1.82, 2.24) is 10.2 Å². The third-order valence-electron chi connectivity index (χ3n) is 4.86. The molecule has 1 heterocycles. The molecule has 8 heteroatoms. The molecule has 2 N–H and O–H groups in total. The van der Waals surface area contributed by atoms with Crippen LogP contribution in [0.4, 0.5) is 13.2 Å². The molecule has 1 aliphatic heterocycles. The number of likely N-dealkylation sites (tertiary alicyclic amines) is 1. The molecule has 170 valence electrons. The molecule has 31 heavy (non-hydrogen) atoms. The zero-order chi connectivity index (χ0) is 22.9. The van der Waals surface area contributed by atoms with Crippen molar-refractivity contribution in [3.63, 3.8) is 0 Å². The molecule has 5 nitrogen and oxygen atoms in total. The molecule has 0 radical (unpaired) electrons. The molecular weight excluding hydrogens is 409 g/mol. The van der Waals surface area contributed by atoms with Gasteiger partial charge >= 0.3 is 6.18 Å². The number of carbonyl (C=O) groups excluding carboxylic acids is 1. The van der Waals surface area contributed by atoms with Gasteiger partial charge in [0.05, 0.1) is 12.2 Å². The molecule has 1 atom stereocenters. The Morgan fingerprint density at radius 2 is 1.87 bits per heavy atom. The van der Waals surface area contributed by atoms with E-state index in [1.807, 2.05) is 13.8 Å². The summed E-state index contributed by atoms with van der Waals surface area (Å²) in [7, 11) is 0. The van der Waals surface area contributed by atoms with E-state index in [4.69, 9.17) is 9.84 Å². The van der Waals surface area contributed by atoms with Crippen LogP contribution in [0, 0.1) is 0 Å². The van der Waals surface area contributed by atoms with Gasteiger partial charge in [0.25, 0.3) is 5.91 Å². The maximum atomic E-state index is 12.8. The van der Waals surface area contributed by atoms with Crippen LogP contribution in [0.1, 0.15) is 37.0 Å². The monoisotopic (exact) mass is 438 g/mol. The van der Waals surface area contributed by atoms with Crippen LogP contribution in [0.25, 0.3) is 0 Å². The lowest BCUT2D eigenvalue weighted by Crippen LogP contribution is -2.37. The highest BCUT2D eigenvalue weighted by Gasteiger charge is 2.30. The van der Waals surface area contributed by atoms with E-state index in [1.54, 1.807) is 35.2 Å². The first-order valence-corrected chi connectivity index (χ1v) is 10.3. The number of hydrogen-bond donors (Lipinski definition) is 2. The van der Waals surface area contributed by atoms with Crippen LogP contribution in [0.3, 0.4) is 0 Å². The SMILES string of the molecule is CC.O=C(COc1ccc(CO)cc1)N1CCC(NCc2cccc(C(F)(F)F)c2)C1. The first-order chi connectivity index (χ1) is 14.8. The fraction of sp³-hybridized carbons (Fsp3) is 0.435. The van der Waals surface area contributed by atoms with E-state index in [0.717, 1.165) is 24.1 Å². The molecule has 1 aliphatic rings. The van der Waals surface area contributed by atoms with Gasteiger partial charge in [0.2, 0.25) is 0 Å². The molecule has 0 bridgehead atoms. The largest absolute Gasteiger partial charge is 0.484 e. The summed E-state index contributed by atoms with van der Waals surface area (Å²) in [6, 6.07) is 12.1. The Hall–Kier alpha value is -2.58. The molecule has 1 fully saturated rings.